The molecule has 3 heterocycles. The van der Waals surface area contributed by atoms with Gasteiger partial charge in [-0.2, -0.15) is 0 Å². The third-order valence-corrected chi connectivity index (χ3v) is 9.93. The first-order chi connectivity index (χ1) is 20.1. The van der Waals surface area contributed by atoms with Crippen LogP contribution in [0.15, 0.2) is 25.3 Å². The van der Waals surface area contributed by atoms with E-state index in [0.717, 1.165) is 38.5 Å². The Bertz CT molecular complexity index is 1030. The van der Waals surface area contributed by atoms with Gasteiger partial charge in [0.1, 0.15) is 17.6 Å². The van der Waals surface area contributed by atoms with Crippen molar-refractivity contribution in [2.75, 3.05) is 26.3 Å². The van der Waals surface area contributed by atoms with E-state index in [1.807, 2.05) is 17.9 Å². The van der Waals surface area contributed by atoms with Gasteiger partial charge < -0.3 is 24.4 Å². The lowest BCUT2D eigenvalue weighted by atomic mass is 9.62. The van der Waals surface area contributed by atoms with Crippen molar-refractivity contribution in [3.05, 3.63) is 25.3 Å². The van der Waals surface area contributed by atoms with Crippen molar-refractivity contribution in [1.29, 1.82) is 0 Å². The first-order valence-electron chi connectivity index (χ1n) is 16.4. The Morgan fingerprint density at radius 2 is 1.77 bits per heavy atom. The van der Waals surface area contributed by atoms with E-state index in [9.17, 15) is 19.5 Å². The minimum absolute atomic E-state index is 0.0350. The quantitative estimate of drug-likeness (QED) is 0.131. The van der Waals surface area contributed by atoms with Crippen molar-refractivity contribution in [1.82, 2.24) is 9.80 Å². The fraction of sp³-hybridized carbons (Fsp3) is 0.800. The number of nitrogens with zero attached hydrogens (tertiary/aromatic N) is 2. The van der Waals surface area contributed by atoms with E-state index < -0.39 is 40.6 Å². The lowest BCUT2D eigenvalue weighted by Gasteiger charge is -2.45. The average Bonchev–Trinajstić information content (AvgIpc) is 3.41. The third-order valence-electron chi connectivity index (χ3n) is 9.93. The molecule has 3 rings (SSSR count). The van der Waals surface area contributed by atoms with Gasteiger partial charge in [-0.05, 0) is 77.0 Å². The van der Waals surface area contributed by atoms with E-state index >= 15 is 0 Å². The molecule has 0 aromatic heterocycles. The van der Waals surface area contributed by atoms with Gasteiger partial charge in [-0.25, -0.2) is 0 Å². The van der Waals surface area contributed by atoms with E-state index in [2.05, 4.69) is 54.7 Å². The maximum atomic E-state index is 14.9. The number of hydrogen-bond acceptors (Lipinski definition) is 6. The molecule has 244 valence electrons. The molecule has 8 heteroatoms. The zero-order valence-corrected chi connectivity index (χ0v) is 28.0. The van der Waals surface area contributed by atoms with Gasteiger partial charge in [0.25, 0.3) is 0 Å². The lowest BCUT2D eigenvalue weighted by molar-refractivity contribution is -0.163. The summed E-state index contributed by atoms with van der Waals surface area (Å²) in [6.07, 6.45) is 10.4. The first kappa shape index (κ1) is 35.3. The standard InChI is InChI=1S/C35H58N2O6/c1-10-12-13-18-22-42-31(41)27-26-29(39)36(20-16-14-15-17-21-38)28(35(26)23-25(3)34(27,9)43-35)30(40)37(19-11-2)33(7,8)24-32(4,5)6/h10-11,25-28,38H,1-2,12-24H2,3-9H3/t25?,26-,27+,28?,34-,35?/m0/s1. The number of ether oxygens (including phenoxy) is 2. The largest absolute Gasteiger partial charge is 0.465 e. The Morgan fingerprint density at radius 3 is 2.37 bits per heavy atom. The van der Waals surface area contributed by atoms with Crippen LogP contribution >= 0.6 is 0 Å². The number of rotatable bonds is 17. The Balaban J connectivity index is 2.02. The van der Waals surface area contributed by atoms with Crippen LogP contribution in [0.1, 0.15) is 106 Å². The summed E-state index contributed by atoms with van der Waals surface area (Å²) in [6, 6.07) is -0.836. The van der Waals surface area contributed by atoms with Gasteiger partial charge in [-0.3, -0.25) is 14.4 Å². The number of carbonyl (C=O) groups is 3. The highest BCUT2D eigenvalue weighted by Crippen LogP contribution is 2.65. The van der Waals surface area contributed by atoms with Gasteiger partial charge in [-0.1, -0.05) is 52.7 Å². The van der Waals surface area contributed by atoms with Crippen LogP contribution in [0, 0.1) is 23.2 Å². The Labute approximate surface area is 260 Å². The third kappa shape index (κ3) is 7.06. The highest BCUT2D eigenvalue weighted by atomic mass is 16.6. The van der Waals surface area contributed by atoms with Crippen LogP contribution in [0.4, 0.5) is 0 Å². The molecule has 3 saturated heterocycles. The first-order valence-corrected chi connectivity index (χ1v) is 16.4. The molecule has 43 heavy (non-hydrogen) atoms. The van der Waals surface area contributed by atoms with Crippen molar-refractivity contribution in [3.8, 4) is 0 Å². The Kier molecular flexibility index (Phi) is 11.4. The molecule has 0 radical (unpaired) electrons. The number of allylic oxidation sites excluding steroid dienone is 1. The summed E-state index contributed by atoms with van der Waals surface area (Å²) < 4.78 is 12.7. The van der Waals surface area contributed by atoms with E-state index in [0.29, 0.717) is 32.4 Å². The smallest absolute Gasteiger partial charge is 0.312 e. The van der Waals surface area contributed by atoms with Gasteiger partial charge in [0, 0.05) is 25.2 Å². The van der Waals surface area contributed by atoms with E-state index in [1.165, 1.54) is 0 Å². The molecule has 8 nitrogen and oxygen atoms in total. The van der Waals surface area contributed by atoms with Crippen LogP contribution in [0.25, 0.3) is 0 Å². The minimum Gasteiger partial charge on any atom is -0.465 e. The van der Waals surface area contributed by atoms with Crippen LogP contribution in [-0.4, -0.2) is 81.8 Å². The van der Waals surface area contributed by atoms with Gasteiger partial charge in [0.15, 0.2) is 0 Å². The summed E-state index contributed by atoms with van der Waals surface area (Å²) in [5, 5.41) is 9.23. The van der Waals surface area contributed by atoms with Crippen molar-refractivity contribution in [2.45, 2.75) is 129 Å². The summed E-state index contributed by atoms with van der Waals surface area (Å²) in [5.74, 6) is -2.30. The Hall–Kier alpha value is -2.19. The molecule has 1 spiro atoms. The fourth-order valence-electron chi connectivity index (χ4n) is 8.32. The molecule has 6 atom stereocenters. The molecule has 3 aliphatic heterocycles. The molecular weight excluding hydrogens is 544 g/mol. The molecule has 2 bridgehead atoms. The number of carbonyl (C=O) groups excluding carboxylic acids is 3. The monoisotopic (exact) mass is 602 g/mol. The van der Waals surface area contributed by atoms with Gasteiger partial charge in [-0.15, -0.1) is 13.2 Å². The number of fused-ring (bicyclic) bond motifs is 1. The summed E-state index contributed by atoms with van der Waals surface area (Å²) >= 11 is 0. The van der Waals surface area contributed by atoms with Crippen molar-refractivity contribution < 1.29 is 29.0 Å². The van der Waals surface area contributed by atoms with E-state index in [-0.39, 0.29) is 36.4 Å². The fourth-order valence-corrected chi connectivity index (χ4v) is 8.32. The van der Waals surface area contributed by atoms with Crippen LogP contribution in [-0.2, 0) is 23.9 Å². The average molecular weight is 603 g/mol. The topological polar surface area (TPSA) is 96.4 Å². The number of aliphatic hydroxyl groups is 1. The minimum atomic E-state index is -1.10. The highest BCUT2D eigenvalue weighted by molar-refractivity contribution is 5.98. The predicted molar refractivity (Wildman–Crippen MR) is 169 cm³/mol. The van der Waals surface area contributed by atoms with Crippen LogP contribution < -0.4 is 0 Å². The molecule has 3 aliphatic rings. The van der Waals surface area contributed by atoms with E-state index in [4.69, 9.17) is 9.47 Å². The number of unbranched alkanes of at least 4 members (excludes halogenated alkanes) is 5. The van der Waals surface area contributed by atoms with Gasteiger partial charge in [0.05, 0.1) is 18.1 Å². The summed E-state index contributed by atoms with van der Waals surface area (Å²) in [7, 11) is 0. The molecule has 2 amide bonds. The van der Waals surface area contributed by atoms with Gasteiger partial charge in [0.2, 0.25) is 11.8 Å². The second-order valence-electron chi connectivity index (χ2n) is 15.1. The van der Waals surface area contributed by atoms with Crippen LogP contribution in [0.3, 0.4) is 0 Å². The molecular formula is C35H58N2O6. The number of hydrogen-bond donors (Lipinski definition) is 1. The summed E-state index contributed by atoms with van der Waals surface area (Å²) in [4.78, 5) is 46.7. The summed E-state index contributed by atoms with van der Waals surface area (Å²) in [6.45, 7) is 23.5. The SMILES string of the molecule is C=CCCCCOC(=O)[C@H]1[C@H]2C(=O)N(CCCCCCO)C(C(=O)N(CC=C)C(C)(C)CC(C)(C)C)C23CC(C)[C@]1(C)O3. The molecule has 0 aromatic carbocycles. The Morgan fingerprint density at radius 1 is 1.09 bits per heavy atom. The molecule has 0 aliphatic carbocycles. The second kappa shape index (κ2) is 13.8. The number of aliphatic hydroxyl groups excluding tert-OH is 1. The van der Waals surface area contributed by atoms with Crippen LogP contribution in [0.5, 0.6) is 0 Å². The number of amides is 2. The zero-order chi connectivity index (χ0) is 32.2. The molecule has 0 saturated carbocycles. The zero-order valence-electron chi connectivity index (χ0n) is 28.0. The molecule has 1 N–H and O–H groups in total. The van der Waals surface area contributed by atoms with Crippen molar-refractivity contribution in [2.24, 2.45) is 23.2 Å². The van der Waals surface area contributed by atoms with E-state index in [1.54, 1.807) is 11.0 Å². The molecule has 3 fully saturated rings. The predicted octanol–water partition coefficient (Wildman–Crippen LogP) is 5.68. The lowest BCUT2D eigenvalue weighted by Crippen LogP contribution is -2.61. The van der Waals surface area contributed by atoms with Crippen LogP contribution in [0.2, 0.25) is 0 Å². The normalized spacial score (nSPS) is 30.0. The number of esters is 1. The number of likely N-dealkylation sites (tertiary alicyclic amines) is 1. The maximum absolute atomic E-state index is 14.9. The van der Waals surface area contributed by atoms with Crippen molar-refractivity contribution in [3.63, 3.8) is 0 Å². The van der Waals surface area contributed by atoms with Gasteiger partial charge >= 0.3 is 5.97 Å². The molecule has 0 aromatic rings. The highest BCUT2D eigenvalue weighted by Gasteiger charge is 2.80. The van der Waals surface area contributed by atoms with Crippen molar-refractivity contribution >= 4 is 17.8 Å². The second-order valence-corrected chi connectivity index (χ2v) is 15.1. The summed E-state index contributed by atoms with van der Waals surface area (Å²) in [5.41, 5.74) is -2.54. The molecule has 3 unspecified atom stereocenters. The maximum Gasteiger partial charge on any atom is 0.312 e.